The van der Waals surface area contributed by atoms with E-state index in [2.05, 4.69) is 42.2 Å². The van der Waals surface area contributed by atoms with Gasteiger partial charge in [-0.1, -0.05) is 51.1 Å². The van der Waals surface area contributed by atoms with Crippen molar-refractivity contribution >= 4 is 41.5 Å². The Hall–Kier alpha value is -4.90. The van der Waals surface area contributed by atoms with Crippen molar-refractivity contribution in [2.75, 3.05) is 27.2 Å². The zero-order chi connectivity index (χ0) is 38.8. The largest absolute Gasteiger partial charge is 0.490 e. The molecule has 0 bridgehead atoms. The topological polar surface area (TPSA) is 219 Å². The number of carboxylic acid groups (broad SMARTS) is 1. The lowest BCUT2D eigenvalue weighted by molar-refractivity contribution is -0.192. The first-order valence-corrected chi connectivity index (χ1v) is 16.6. The van der Waals surface area contributed by atoms with Gasteiger partial charge in [0.15, 0.2) is 5.96 Å². The molecule has 1 aromatic rings. The van der Waals surface area contributed by atoms with E-state index in [4.69, 9.17) is 9.90 Å². The highest BCUT2D eigenvalue weighted by molar-refractivity contribution is 5.97. The Bertz CT molecular complexity index is 1360. The quantitative estimate of drug-likeness (QED) is 0.110. The van der Waals surface area contributed by atoms with Gasteiger partial charge in [0.25, 0.3) is 0 Å². The van der Waals surface area contributed by atoms with Crippen molar-refractivity contribution in [3.63, 3.8) is 0 Å². The molecule has 286 valence electrons. The molecule has 0 radical (unpaired) electrons. The number of rotatable bonds is 8. The van der Waals surface area contributed by atoms with Gasteiger partial charge in [-0.25, -0.2) is 4.79 Å². The molecule has 18 heteroatoms. The van der Waals surface area contributed by atoms with Gasteiger partial charge in [-0.2, -0.15) is 13.2 Å². The molecule has 2 rings (SSSR count). The lowest BCUT2D eigenvalue weighted by atomic mass is 9.91. The number of amides is 5. The Kier molecular flexibility index (Phi) is 18.5. The summed E-state index contributed by atoms with van der Waals surface area (Å²) in [6.45, 7) is 7.66. The van der Waals surface area contributed by atoms with E-state index >= 15 is 0 Å². The number of carbonyl (C=O) groups is 6. The molecule has 4 atom stereocenters. The van der Waals surface area contributed by atoms with Gasteiger partial charge in [-0.05, 0) is 51.0 Å². The highest BCUT2D eigenvalue weighted by atomic mass is 19.4. The summed E-state index contributed by atoms with van der Waals surface area (Å²) >= 11 is 0. The molecule has 0 aliphatic carbocycles. The number of carboxylic acids is 1. The predicted octanol–water partition coefficient (Wildman–Crippen LogP) is 1.26. The zero-order valence-corrected chi connectivity index (χ0v) is 29.8. The van der Waals surface area contributed by atoms with Gasteiger partial charge < -0.3 is 42.3 Å². The molecule has 1 aliphatic rings. The Labute approximate surface area is 295 Å². The van der Waals surface area contributed by atoms with E-state index in [9.17, 15) is 37.1 Å². The normalized spacial score (nSPS) is 22.6. The maximum atomic E-state index is 13.7. The van der Waals surface area contributed by atoms with Crippen LogP contribution in [0, 0.1) is 5.92 Å². The molecule has 1 aliphatic heterocycles. The summed E-state index contributed by atoms with van der Waals surface area (Å²) in [5.74, 6) is -4.75. The molecule has 5 amide bonds. The number of aliphatic imine (C=N–C) groups is 1. The smallest absolute Gasteiger partial charge is 0.475 e. The van der Waals surface area contributed by atoms with Crippen molar-refractivity contribution < 1.29 is 47.0 Å². The molecular weight excluding hydrogens is 677 g/mol. The third-order valence-electron chi connectivity index (χ3n) is 7.84. The summed E-state index contributed by atoms with van der Waals surface area (Å²) in [7, 11) is 3.38. The van der Waals surface area contributed by atoms with Gasteiger partial charge in [-0.15, -0.1) is 0 Å². The zero-order valence-electron chi connectivity index (χ0n) is 29.8. The van der Waals surface area contributed by atoms with Crippen LogP contribution in [0.1, 0.15) is 77.8 Å². The van der Waals surface area contributed by atoms with Crippen LogP contribution in [-0.4, -0.2) is 97.6 Å². The van der Waals surface area contributed by atoms with Crippen LogP contribution < -0.4 is 37.2 Å². The van der Waals surface area contributed by atoms with E-state index in [1.165, 1.54) is 0 Å². The first kappa shape index (κ1) is 44.1. The number of benzene rings is 1. The SMILES string of the molecule is CC[C@@H]1NC(=O)[C@H](CCCNC(=NC)NC)NC(=O)[C@](C)(NC(=O)C(C)C)CCCCNC(=O)[C@@H](c2ccccc2)NC1=O.O=C(O)C(F)(F)F. The molecular formula is C33H51F3N8O7. The Morgan fingerprint density at radius 1 is 1.00 bits per heavy atom. The number of carbonyl (C=O) groups excluding carboxylic acids is 5. The van der Waals surface area contributed by atoms with Crippen LogP contribution in [0.3, 0.4) is 0 Å². The first-order chi connectivity index (χ1) is 23.9. The van der Waals surface area contributed by atoms with Crippen molar-refractivity contribution in [2.45, 2.75) is 96.1 Å². The molecule has 0 unspecified atom stereocenters. The second-order valence-electron chi connectivity index (χ2n) is 12.3. The van der Waals surface area contributed by atoms with E-state index < -0.39 is 53.5 Å². The van der Waals surface area contributed by atoms with Crippen LogP contribution in [0.2, 0.25) is 0 Å². The van der Waals surface area contributed by atoms with Crippen LogP contribution in [0.25, 0.3) is 0 Å². The minimum atomic E-state index is -5.08. The minimum Gasteiger partial charge on any atom is -0.475 e. The molecule has 1 saturated heterocycles. The fraction of sp³-hybridized carbons (Fsp3) is 0.606. The third kappa shape index (κ3) is 15.3. The number of hydrogen-bond donors (Lipinski definition) is 8. The van der Waals surface area contributed by atoms with E-state index in [1.54, 1.807) is 66.1 Å². The molecule has 1 heterocycles. The summed E-state index contributed by atoms with van der Waals surface area (Å²) in [4.78, 5) is 79.7. The molecule has 1 aromatic carbocycles. The van der Waals surface area contributed by atoms with Crippen LogP contribution in [0.5, 0.6) is 0 Å². The predicted molar refractivity (Wildman–Crippen MR) is 183 cm³/mol. The summed E-state index contributed by atoms with van der Waals surface area (Å²) in [6.07, 6.45) is -2.75. The van der Waals surface area contributed by atoms with Crippen LogP contribution in [-0.2, 0) is 28.8 Å². The Morgan fingerprint density at radius 3 is 2.14 bits per heavy atom. The van der Waals surface area contributed by atoms with Gasteiger partial charge in [0, 0.05) is 33.1 Å². The highest BCUT2D eigenvalue weighted by Crippen LogP contribution is 2.18. The second kappa shape index (κ2) is 21.3. The van der Waals surface area contributed by atoms with Crippen molar-refractivity contribution in [1.29, 1.82) is 0 Å². The Balaban J connectivity index is 0.00000167. The van der Waals surface area contributed by atoms with Gasteiger partial charge in [-0.3, -0.25) is 29.0 Å². The van der Waals surface area contributed by atoms with Crippen LogP contribution in [0.15, 0.2) is 35.3 Å². The van der Waals surface area contributed by atoms with E-state index in [0.29, 0.717) is 43.9 Å². The monoisotopic (exact) mass is 728 g/mol. The van der Waals surface area contributed by atoms with Crippen molar-refractivity contribution in [3.05, 3.63) is 35.9 Å². The fourth-order valence-corrected chi connectivity index (χ4v) is 4.76. The van der Waals surface area contributed by atoms with Crippen molar-refractivity contribution in [2.24, 2.45) is 10.9 Å². The van der Waals surface area contributed by atoms with Crippen LogP contribution in [0.4, 0.5) is 13.2 Å². The molecule has 51 heavy (non-hydrogen) atoms. The first-order valence-electron chi connectivity index (χ1n) is 16.6. The summed E-state index contributed by atoms with van der Waals surface area (Å²) in [5.41, 5.74) is -0.694. The lowest BCUT2D eigenvalue weighted by Crippen LogP contribution is -2.62. The molecule has 0 spiro atoms. The van der Waals surface area contributed by atoms with Crippen LogP contribution >= 0.6 is 0 Å². The van der Waals surface area contributed by atoms with E-state index in [1.807, 2.05) is 6.07 Å². The number of nitrogens with zero attached hydrogens (tertiary/aromatic N) is 1. The van der Waals surface area contributed by atoms with Gasteiger partial charge in [0.1, 0.15) is 23.7 Å². The summed E-state index contributed by atoms with van der Waals surface area (Å²) in [5, 5.41) is 27.4. The Morgan fingerprint density at radius 2 is 1.61 bits per heavy atom. The molecule has 0 saturated carbocycles. The fourth-order valence-electron chi connectivity index (χ4n) is 4.76. The molecule has 0 aromatic heterocycles. The minimum absolute atomic E-state index is 0.254. The number of hydrogen-bond acceptors (Lipinski definition) is 7. The average molecular weight is 729 g/mol. The van der Waals surface area contributed by atoms with Gasteiger partial charge in [0.2, 0.25) is 29.5 Å². The summed E-state index contributed by atoms with van der Waals surface area (Å²) in [6, 6.07) is 6.01. The highest BCUT2D eigenvalue weighted by Gasteiger charge is 2.39. The van der Waals surface area contributed by atoms with Gasteiger partial charge in [0.05, 0.1) is 0 Å². The number of alkyl halides is 3. The second-order valence-corrected chi connectivity index (χ2v) is 12.3. The molecule has 1 fully saturated rings. The third-order valence-corrected chi connectivity index (χ3v) is 7.84. The number of halogens is 3. The molecule has 15 nitrogen and oxygen atoms in total. The lowest BCUT2D eigenvalue weighted by Gasteiger charge is -2.33. The maximum Gasteiger partial charge on any atom is 0.490 e. The number of nitrogens with one attached hydrogen (secondary N) is 7. The average Bonchev–Trinajstić information content (AvgIpc) is 3.08. The summed E-state index contributed by atoms with van der Waals surface area (Å²) < 4.78 is 31.7. The standard InChI is InChI=1S/C31H50N8O5.C2HF3O2/c1-7-22-26(41)38-24(21-14-9-8-10-15-21)28(43)34-18-12-11-17-31(4,39-25(40)20(2)3)29(44)37-23(27(42)36-22)16-13-19-35-30(32-5)33-6;3-2(4,5)1(6)7/h8-10,14-15,20,22-24H,7,11-13,16-19H2,1-6H3,(H,34,43)(H,36,42)(H,37,44)(H,38,41)(H,39,40)(H2,32,33,35);(H,6,7)/t22-,23-,24+,31+;/m0./s1. The number of guanidine groups is 1. The van der Waals surface area contributed by atoms with Gasteiger partial charge >= 0.3 is 12.1 Å². The van der Waals surface area contributed by atoms with Crippen molar-refractivity contribution in [1.82, 2.24) is 37.2 Å². The number of aliphatic carboxylic acids is 1. The van der Waals surface area contributed by atoms with Crippen molar-refractivity contribution in [3.8, 4) is 0 Å². The van der Waals surface area contributed by atoms with E-state index in [0.717, 1.165) is 0 Å². The maximum absolute atomic E-state index is 13.7. The van der Waals surface area contributed by atoms with E-state index in [-0.39, 0.29) is 37.0 Å². The molecule has 8 N–H and O–H groups in total.